The number of hydrogen-bond acceptors (Lipinski definition) is 5. The van der Waals surface area contributed by atoms with Crippen molar-refractivity contribution in [2.24, 2.45) is 0 Å². The highest BCUT2D eigenvalue weighted by molar-refractivity contribution is 5.89. The maximum Gasteiger partial charge on any atom is 0.337 e. The third-order valence-corrected chi connectivity index (χ3v) is 4.13. The number of H-pyrrole nitrogens is 2. The Kier molecular flexibility index (Phi) is 5.25. The topological polar surface area (TPSA) is 86.9 Å². The molecule has 0 aliphatic heterocycles. The van der Waals surface area contributed by atoms with Gasteiger partial charge in [0.1, 0.15) is 11.6 Å². The fraction of sp³-hybridized carbons (Fsp3) is 0.278. The third kappa shape index (κ3) is 4.13. The van der Waals surface area contributed by atoms with Gasteiger partial charge in [0.25, 0.3) is 0 Å². The van der Waals surface area contributed by atoms with Gasteiger partial charge >= 0.3 is 5.97 Å². The van der Waals surface area contributed by atoms with Crippen LogP contribution in [0.1, 0.15) is 40.5 Å². The zero-order valence-electron chi connectivity index (χ0n) is 14.3. The number of benzene rings is 1. The molecule has 3 aromatic rings. The molecule has 1 aromatic carbocycles. The van der Waals surface area contributed by atoms with Crippen LogP contribution in [0.4, 0.5) is 0 Å². The summed E-state index contributed by atoms with van der Waals surface area (Å²) in [6.45, 7) is 3.46. The quantitative estimate of drug-likeness (QED) is 0.646. The van der Waals surface area contributed by atoms with Crippen LogP contribution in [0.15, 0.2) is 49.1 Å². The first-order valence-electron chi connectivity index (χ1n) is 8.06. The van der Waals surface area contributed by atoms with Crippen LogP contribution in [0.3, 0.4) is 0 Å². The molecule has 7 heteroatoms. The van der Waals surface area contributed by atoms with Crippen molar-refractivity contribution in [1.29, 1.82) is 0 Å². The number of imidazole rings is 2. The highest BCUT2D eigenvalue weighted by Crippen LogP contribution is 2.21. The minimum absolute atomic E-state index is 0.0837. The number of carbonyl (C=O) groups excluding carboxylic acids is 1. The summed E-state index contributed by atoms with van der Waals surface area (Å²) >= 11 is 0. The number of carbonyl (C=O) groups is 1. The molecule has 7 nitrogen and oxygen atoms in total. The number of methoxy groups -OCH3 is 1. The number of nitrogens with zero attached hydrogens (tertiary/aromatic N) is 3. The average Bonchev–Trinajstić information content (AvgIpc) is 3.34. The van der Waals surface area contributed by atoms with Gasteiger partial charge in [0, 0.05) is 31.3 Å². The van der Waals surface area contributed by atoms with Gasteiger partial charge in [0.2, 0.25) is 0 Å². The molecular formula is C18H21N5O2. The second-order valence-corrected chi connectivity index (χ2v) is 5.78. The summed E-state index contributed by atoms with van der Waals surface area (Å²) < 4.78 is 4.74. The Morgan fingerprint density at radius 2 is 1.84 bits per heavy atom. The smallest absolute Gasteiger partial charge is 0.337 e. The lowest BCUT2D eigenvalue weighted by atomic mass is 10.1. The molecule has 25 heavy (non-hydrogen) atoms. The maximum atomic E-state index is 11.6. The summed E-state index contributed by atoms with van der Waals surface area (Å²) in [6, 6.07) is 7.53. The molecule has 0 bridgehead atoms. The number of rotatable bonds is 7. The van der Waals surface area contributed by atoms with Gasteiger partial charge in [-0.05, 0) is 24.6 Å². The average molecular weight is 339 g/mol. The van der Waals surface area contributed by atoms with Gasteiger partial charge in [-0.2, -0.15) is 0 Å². The Morgan fingerprint density at radius 1 is 1.12 bits per heavy atom. The lowest BCUT2D eigenvalue weighted by Gasteiger charge is -2.27. The summed E-state index contributed by atoms with van der Waals surface area (Å²) in [5, 5.41) is 0. The van der Waals surface area contributed by atoms with Crippen molar-refractivity contribution in [1.82, 2.24) is 24.8 Å². The normalized spacial score (nSPS) is 12.3. The van der Waals surface area contributed by atoms with E-state index in [9.17, 15) is 4.79 Å². The van der Waals surface area contributed by atoms with Crippen LogP contribution in [0.25, 0.3) is 0 Å². The molecule has 130 valence electrons. The SMILES string of the molecule is COC(=O)c1ccc(CN(Cc2ncc[nH]2)C(C)c2ncc[nH]2)cc1. The molecule has 2 N–H and O–H groups in total. The number of hydrogen-bond donors (Lipinski definition) is 2. The largest absolute Gasteiger partial charge is 0.465 e. The van der Waals surface area contributed by atoms with Crippen molar-refractivity contribution in [2.75, 3.05) is 7.11 Å². The number of nitrogens with one attached hydrogen (secondary N) is 2. The fourth-order valence-electron chi connectivity index (χ4n) is 2.68. The van der Waals surface area contributed by atoms with Gasteiger partial charge < -0.3 is 14.7 Å². The molecule has 0 amide bonds. The Morgan fingerprint density at radius 3 is 2.44 bits per heavy atom. The van der Waals surface area contributed by atoms with Crippen LogP contribution in [-0.2, 0) is 17.8 Å². The summed E-state index contributed by atoms with van der Waals surface area (Å²) in [5.41, 5.74) is 1.64. The Labute approximate surface area is 146 Å². The second kappa shape index (κ2) is 7.76. The standard InChI is InChI=1S/C18H21N5O2/c1-13(17-21-9-10-22-17)23(12-16-19-7-8-20-16)11-14-3-5-15(6-4-14)18(24)25-2/h3-10,13H,11-12H2,1-2H3,(H,19,20)(H,21,22). The molecule has 0 saturated heterocycles. The van der Waals surface area contributed by atoms with Crippen LogP contribution in [0.2, 0.25) is 0 Å². The van der Waals surface area contributed by atoms with Crippen LogP contribution < -0.4 is 0 Å². The summed E-state index contributed by atoms with van der Waals surface area (Å²) in [5.74, 6) is 1.46. The molecule has 2 heterocycles. The summed E-state index contributed by atoms with van der Waals surface area (Å²) in [4.78, 5) is 28.8. The number of ether oxygens (including phenoxy) is 1. The van der Waals surface area contributed by atoms with Crippen LogP contribution in [-0.4, -0.2) is 37.9 Å². The molecular weight excluding hydrogens is 318 g/mol. The first-order valence-corrected chi connectivity index (χ1v) is 8.06. The molecule has 1 atom stereocenters. The van der Waals surface area contributed by atoms with Gasteiger partial charge in [0.05, 0.1) is 25.3 Å². The van der Waals surface area contributed by atoms with Gasteiger partial charge in [-0.1, -0.05) is 12.1 Å². The van der Waals surface area contributed by atoms with E-state index in [1.807, 2.05) is 24.5 Å². The van der Waals surface area contributed by atoms with Gasteiger partial charge in [-0.15, -0.1) is 0 Å². The highest BCUT2D eigenvalue weighted by Gasteiger charge is 2.19. The van der Waals surface area contributed by atoms with E-state index in [-0.39, 0.29) is 12.0 Å². The highest BCUT2D eigenvalue weighted by atomic mass is 16.5. The molecule has 1 unspecified atom stereocenters. The van der Waals surface area contributed by atoms with E-state index >= 15 is 0 Å². The van der Waals surface area contributed by atoms with Crippen molar-refractivity contribution >= 4 is 5.97 Å². The Balaban J connectivity index is 1.78. The predicted molar refractivity (Wildman–Crippen MR) is 92.6 cm³/mol. The van der Waals surface area contributed by atoms with E-state index in [2.05, 4.69) is 31.8 Å². The minimum Gasteiger partial charge on any atom is -0.465 e. The summed E-state index contributed by atoms with van der Waals surface area (Å²) in [7, 11) is 1.38. The summed E-state index contributed by atoms with van der Waals surface area (Å²) in [6.07, 6.45) is 7.14. The van der Waals surface area contributed by atoms with E-state index in [0.29, 0.717) is 18.7 Å². The zero-order chi connectivity index (χ0) is 17.6. The van der Waals surface area contributed by atoms with E-state index in [4.69, 9.17) is 4.74 Å². The third-order valence-electron chi connectivity index (χ3n) is 4.13. The van der Waals surface area contributed by atoms with Crippen molar-refractivity contribution in [2.45, 2.75) is 26.1 Å². The van der Waals surface area contributed by atoms with Gasteiger partial charge in [0.15, 0.2) is 0 Å². The first-order chi connectivity index (χ1) is 12.2. The van der Waals surface area contributed by atoms with E-state index in [1.165, 1.54) is 7.11 Å². The predicted octanol–water partition coefficient (Wildman–Crippen LogP) is 2.68. The molecule has 0 fully saturated rings. The Hall–Kier alpha value is -2.93. The monoisotopic (exact) mass is 339 g/mol. The van der Waals surface area contributed by atoms with E-state index in [0.717, 1.165) is 17.2 Å². The molecule has 0 saturated carbocycles. The second-order valence-electron chi connectivity index (χ2n) is 5.78. The molecule has 0 radical (unpaired) electrons. The first kappa shape index (κ1) is 16.9. The van der Waals surface area contributed by atoms with Crippen LogP contribution in [0, 0.1) is 0 Å². The van der Waals surface area contributed by atoms with Gasteiger partial charge in [-0.3, -0.25) is 4.90 Å². The van der Waals surface area contributed by atoms with Gasteiger partial charge in [-0.25, -0.2) is 14.8 Å². The minimum atomic E-state index is -0.331. The lowest BCUT2D eigenvalue weighted by molar-refractivity contribution is 0.0600. The van der Waals surface area contributed by atoms with Crippen molar-refractivity contribution in [3.63, 3.8) is 0 Å². The van der Waals surface area contributed by atoms with Crippen LogP contribution in [0.5, 0.6) is 0 Å². The lowest BCUT2D eigenvalue weighted by Crippen LogP contribution is -2.27. The van der Waals surface area contributed by atoms with Crippen molar-refractivity contribution < 1.29 is 9.53 Å². The van der Waals surface area contributed by atoms with E-state index < -0.39 is 0 Å². The molecule has 2 aromatic heterocycles. The molecule has 0 aliphatic rings. The fourth-order valence-corrected chi connectivity index (χ4v) is 2.68. The zero-order valence-corrected chi connectivity index (χ0v) is 14.3. The number of aromatic nitrogens is 4. The van der Waals surface area contributed by atoms with Crippen molar-refractivity contribution in [3.05, 3.63) is 71.8 Å². The van der Waals surface area contributed by atoms with Crippen LogP contribution >= 0.6 is 0 Å². The maximum absolute atomic E-state index is 11.6. The molecule has 0 aliphatic carbocycles. The molecule has 0 spiro atoms. The number of aromatic amines is 2. The molecule has 3 rings (SSSR count). The van der Waals surface area contributed by atoms with E-state index in [1.54, 1.807) is 24.5 Å². The Bertz CT molecular complexity index is 782. The van der Waals surface area contributed by atoms with Crippen molar-refractivity contribution in [3.8, 4) is 0 Å². The number of esters is 1.